The van der Waals surface area contributed by atoms with Crippen molar-refractivity contribution < 1.29 is 0 Å². The lowest BCUT2D eigenvalue weighted by Gasteiger charge is -2.12. The number of pyridine rings is 1. The number of para-hydroxylation sites is 2. The third-order valence-electron chi connectivity index (χ3n) is 5.77. The molecule has 1 aromatic carbocycles. The zero-order chi connectivity index (χ0) is 19.3. The highest BCUT2D eigenvalue weighted by molar-refractivity contribution is 5.78. The van der Waals surface area contributed by atoms with Crippen LogP contribution in [0, 0.1) is 5.92 Å². The van der Waals surface area contributed by atoms with E-state index in [0.717, 1.165) is 53.6 Å². The van der Waals surface area contributed by atoms with Gasteiger partial charge in [0.25, 0.3) is 0 Å². The number of aromatic nitrogens is 4. The van der Waals surface area contributed by atoms with E-state index in [4.69, 9.17) is 0 Å². The predicted molar refractivity (Wildman–Crippen MR) is 113 cm³/mol. The molecule has 0 atom stereocenters. The highest BCUT2D eigenvalue weighted by Gasteiger charge is 2.29. The van der Waals surface area contributed by atoms with Gasteiger partial charge in [-0.3, -0.25) is 9.13 Å². The topological polar surface area (TPSA) is 44.8 Å². The number of hydrogen-bond donors (Lipinski definition) is 0. The van der Waals surface area contributed by atoms with Crippen LogP contribution in [0.4, 0.5) is 0 Å². The molecule has 1 aliphatic rings. The molecule has 5 nitrogen and oxygen atoms in total. The Morgan fingerprint density at radius 1 is 1.07 bits per heavy atom. The first-order valence-electron chi connectivity index (χ1n) is 10.3. The minimum absolute atomic E-state index is 0.109. The smallest absolute Gasteiger partial charge is 0.328 e. The lowest BCUT2D eigenvalue weighted by Crippen LogP contribution is -2.25. The van der Waals surface area contributed by atoms with Crippen LogP contribution in [0.5, 0.6) is 0 Å². The predicted octanol–water partition coefficient (Wildman–Crippen LogP) is 4.58. The zero-order valence-corrected chi connectivity index (χ0v) is 16.5. The summed E-state index contributed by atoms with van der Waals surface area (Å²) < 4.78 is 6.23. The van der Waals surface area contributed by atoms with Crippen LogP contribution < -0.4 is 5.69 Å². The maximum absolute atomic E-state index is 13.3. The van der Waals surface area contributed by atoms with E-state index in [-0.39, 0.29) is 5.69 Å². The first-order valence-corrected chi connectivity index (χ1v) is 10.3. The van der Waals surface area contributed by atoms with E-state index in [0.29, 0.717) is 18.5 Å². The summed E-state index contributed by atoms with van der Waals surface area (Å²) in [5, 5.41) is 1.14. The van der Waals surface area contributed by atoms with Crippen molar-refractivity contribution in [2.45, 2.75) is 52.2 Å². The van der Waals surface area contributed by atoms with Crippen molar-refractivity contribution in [2.75, 3.05) is 0 Å². The van der Waals surface area contributed by atoms with Gasteiger partial charge in [-0.25, -0.2) is 9.78 Å². The number of hydrogen-bond acceptors (Lipinski definition) is 2. The Labute approximate surface area is 164 Å². The van der Waals surface area contributed by atoms with E-state index in [1.54, 1.807) is 0 Å². The number of aryl methyl sites for hydroxylation is 1. The number of benzene rings is 1. The van der Waals surface area contributed by atoms with E-state index in [1.165, 1.54) is 0 Å². The SMILES string of the molecule is CC(C)CCn1c(Cn2c(=O)n(C3CC3)c3ccccc32)cc2cccnc21. The van der Waals surface area contributed by atoms with Crippen LogP contribution in [0.15, 0.2) is 53.5 Å². The molecule has 4 aromatic rings. The fourth-order valence-corrected chi connectivity index (χ4v) is 4.14. The maximum atomic E-state index is 13.3. The maximum Gasteiger partial charge on any atom is 0.329 e. The van der Waals surface area contributed by atoms with Crippen LogP contribution in [-0.4, -0.2) is 18.7 Å². The van der Waals surface area contributed by atoms with Crippen molar-refractivity contribution in [1.82, 2.24) is 18.7 Å². The summed E-state index contributed by atoms with van der Waals surface area (Å²) >= 11 is 0. The third-order valence-corrected chi connectivity index (χ3v) is 5.77. The Kier molecular flexibility index (Phi) is 4.11. The molecule has 3 aromatic heterocycles. The molecule has 144 valence electrons. The molecule has 28 heavy (non-hydrogen) atoms. The average Bonchev–Trinajstić information content (AvgIpc) is 3.40. The van der Waals surface area contributed by atoms with Crippen LogP contribution in [0.25, 0.3) is 22.1 Å². The van der Waals surface area contributed by atoms with Crippen molar-refractivity contribution in [1.29, 1.82) is 0 Å². The molecule has 0 N–H and O–H groups in total. The summed E-state index contributed by atoms with van der Waals surface area (Å²) in [5.74, 6) is 0.619. The van der Waals surface area contributed by atoms with Gasteiger partial charge in [0.05, 0.1) is 17.6 Å². The standard InChI is InChI=1S/C23H26N4O/c1-16(2)11-13-25-19(14-17-6-5-12-24-22(17)25)15-26-20-7-3-4-8-21(20)27(23(26)28)18-9-10-18/h3-8,12,14,16,18H,9-11,13,15H2,1-2H3. The number of nitrogens with zero attached hydrogens (tertiary/aromatic N) is 4. The second-order valence-electron chi connectivity index (χ2n) is 8.34. The Morgan fingerprint density at radius 3 is 2.61 bits per heavy atom. The monoisotopic (exact) mass is 374 g/mol. The zero-order valence-electron chi connectivity index (χ0n) is 16.5. The molecule has 0 radical (unpaired) electrons. The van der Waals surface area contributed by atoms with E-state index >= 15 is 0 Å². The van der Waals surface area contributed by atoms with Gasteiger partial charge in [0, 0.05) is 29.9 Å². The van der Waals surface area contributed by atoms with Crippen molar-refractivity contribution >= 4 is 22.1 Å². The normalized spacial score (nSPS) is 14.5. The summed E-state index contributed by atoms with van der Waals surface area (Å²) in [6.45, 7) is 5.98. The molecule has 0 spiro atoms. The van der Waals surface area contributed by atoms with Gasteiger partial charge in [0.1, 0.15) is 5.65 Å². The molecule has 1 fully saturated rings. The summed E-state index contributed by atoms with van der Waals surface area (Å²) in [6.07, 6.45) is 5.15. The fourth-order valence-electron chi connectivity index (χ4n) is 4.14. The van der Waals surface area contributed by atoms with Gasteiger partial charge in [0.15, 0.2) is 0 Å². The van der Waals surface area contributed by atoms with Gasteiger partial charge in [-0.1, -0.05) is 26.0 Å². The van der Waals surface area contributed by atoms with Gasteiger partial charge < -0.3 is 4.57 Å². The molecule has 3 heterocycles. The molecule has 5 rings (SSSR count). The first kappa shape index (κ1) is 17.3. The molecule has 0 amide bonds. The lowest BCUT2D eigenvalue weighted by atomic mass is 10.1. The number of fused-ring (bicyclic) bond motifs is 2. The molecule has 5 heteroatoms. The van der Waals surface area contributed by atoms with Crippen LogP contribution in [0.2, 0.25) is 0 Å². The minimum atomic E-state index is 0.109. The molecule has 0 aliphatic heterocycles. The molecule has 1 aliphatic carbocycles. The van der Waals surface area contributed by atoms with E-state index in [1.807, 2.05) is 33.5 Å². The molecule has 1 saturated carbocycles. The summed E-state index contributed by atoms with van der Waals surface area (Å²) in [4.78, 5) is 17.9. The largest absolute Gasteiger partial charge is 0.329 e. The quantitative estimate of drug-likeness (QED) is 0.496. The fraction of sp³-hybridized carbons (Fsp3) is 0.391. The highest BCUT2D eigenvalue weighted by atomic mass is 16.1. The van der Waals surface area contributed by atoms with Crippen LogP contribution in [0.1, 0.15) is 44.8 Å². The van der Waals surface area contributed by atoms with Crippen LogP contribution >= 0.6 is 0 Å². The summed E-state index contributed by atoms with van der Waals surface area (Å²) in [7, 11) is 0. The number of imidazole rings is 1. The Bertz CT molecular complexity index is 1210. The lowest BCUT2D eigenvalue weighted by molar-refractivity contribution is 0.509. The van der Waals surface area contributed by atoms with Crippen LogP contribution in [0.3, 0.4) is 0 Å². The second kappa shape index (κ2) is 6.66. The van der Waals surface area contributed by atoms with Crippen LogP contribution in [-0.2, 0) is 13.1 Å². The van der Waals surface area contributed by atoms with Gasteiger partial charge in [0.2, 0.25) is 0 Å². The van der Waals surface area contributed by atoms with Crippen molar-refractivity contribution in [3.8, 4) is 0 Å². The van der Waals surface area contributed by atoms with Gasteiger partial charge in [-0.15, -0.1) is 0 Å². The van der Waals surface area contributed by atoms with Crippen molar-refractivity contribution in [3.05, 3.63) is 64.8 Å². The van der Waals surface area contributed by atoms with Crippen molar-refractivity contribution in [3.63, 3.8) is 0 Å². The Balaban J connectivity index is 1.64. The van der Waals surface area contributed by atoms with Gasteiger partial charge in [-0.2, -0.15) is 0 Å². The second-order valence-corrected chi connectivity index (χ2v) is 8.34. The summed E-state index contributed by atoms with van der Waals surface area (Å²) in [6, 6.07) is 14.8. The molecule has 0 bridgehead atoms. The summed E-state index contributed by atoms with van der Waals surface area (Å²) in [5.41, 5.74) is 4.34. The van der Waals surface area contributed by atoms with E-state index in [9.17, 15) is 4.79 Å². The Hall–Kier alpha value is -2.82. The van der Waals surface area contributed by atoms with E-state index < -0.39 is 0 Å². The molecular weight excluding hydrogens is 348 g/mol. The van der Waals surface area contributed by atoms with E-state index in [2.05, 4.69) is 47.7 Å². The minimum Gasteiger partial charge on any atom is -0.328 e. The number of rotatable bonds is 6. The third kappa shape index (κ3) is 2.86. The molecule has 0 saturated heterocycles. The van der Waals surface area contributed by atoms with Gasteiger partial charge >= 0.3 is 5.69 Å². The Morgan fingerprint density at radius 2 is 1.86 bits per heavy atom. The molecule has 0 unspecified atom stereocenters. The highest BCUT2D eigenvalue weighted by Crippen LogP contribution is 2.36. The average molecular weight is 374 g/mol. The van der Waals surface area contributed by atoms with Crippen molar-refractivity contribution in [2.24, 2.45) is 5.92 Å². The first-order chi connectivity index (χ1) is 13.6. The van der Waals surface area contributed by atoms with Gasteiger partial charge in [-0.05, 0) is 55.5 Å². The molecular formula is C23H26N4O.